The van der Waals surface area contributed by atoms with Crippen molar-refractivity contribution in [2.75, 3.05) is 0 Å². The molecule has 1 aliphatic rings. The van der Waals surface area contributed by atoms with E-state index in [2.05, 4.69) is 10.5 Å². The molecule has 1 fully saturated rings. The number of aryl methyl sites for hydroxylation is 1. The third kappa shape index (κ3) is 4.02. The highest BCUT2D eigenvalue weighted by molar-refractivity contribution is 5.87. The summed E-state index contributed by atoms with van der Waals surface area (Å²) in [5.74, 6) is 0.00764. The van der Waals surface area contributed by atoms with Crippen LogP contribution in [0.1, 0.15) is 37.7 Å². The molecule has 0 aromatic heterocycles. The van der Waals surface area contributed by atoms with E-state index in [9.17, 15) is 4.79 Å². The number of amides is 1. The Labute approximate surface area is 102 Å². The van der Waals surface area contributed by atoms with Gasteiger partial charge in [0.2, 0.25) is 5.91 Å². The molecule has 1 aromatic carbocycles. The minimum atomic E-state index is 0.00764. The second-order valence-corrected chi connectivity index (χ2v) is 4.41. The van der Waals surface area contributed by atoms with Crippen molar-refractivity contribution in [2.45, 2.75) is 38.5 Å². The number of carbonyl (C=O) groups excluding carboxylic acids is 1. The molecule has 0 unspecified atom stereocenters. The van der Waals surface area contributed by atoms with Crippen molar-refractivity contribution in [3.63, 3.8) is 0 Å². The van der Waals surface area contributed by atoms with Gasteiger partial charge in [0.1, 0.15) is 0 Å². The molecular weight excluding hydrogens is 212 g/mol. The Kier molecular flexibility index (Phi) is 4.30. The molecule has 3 heteroatoms. The van der Waals surface area contributed by atoms with E-state index in [1.807, 2.05) is 30.3 Å². The normalized spacial score (nSPS) is 14.7. The number of hydrogen-bond donors (Lipinski definition) is 1. The van der Waals surface area contributed by atoms with E-state index in [-0.39, 0.29) is 5.91 Å². The highest BCUT2D eigenvalue weighted by Crippen LogP contribution is 2.13. The van der Waals surface area contributed by atoms with Gasteiger partial charge in [-0.15, -0.1) is 0 Å². The van der Waals surface area contributed by atoms with Gasteiger partial charge in [-0.25, -0.2) is 5.43 Å². The quantitative estimate of drug-likeness (QED) is 0.794. The number of hydrazone groups is 1. The Morgan fingerprint density at radius 2 is 1.88 bits per heavy atom. The highest BCUT2D eigenvalue weighted by atomic mass is 16.2. The molecule has 17 heavy (non-hydrogen) atoms. The van der Waals surface area contributed by atoms with Crippen LogP contribution in [0.5, 0.6) is 0 Å². The summed E-state index contributed by atoms with van der Waals surface area (Å²) in [6, 6.07) is 10.0. The largest absolute Gasteiger partial charge is 0.273 e. The van der Waals surface area contributed by atoms with Crippen molar-refractivity contribution in [3.8, 4) is 0 Å². The summed E-state index contributed by atoms with van der Waals surface area (Å²) in [5.41, 5.74) is 4.97. The van der Waals surface area contributed by atoms with Gasteiger partial charge in [-0.3, -0.25) is 4.79 Å². The third-order valence-electron chi connectivity index (χ3n) is 3.00. The highest BCUT2D eigenvalue weighted by Gasteiger charge is 2.08. The molecule has 0 atom stereocenters. The van der Waals surface area contributed by atoms with Gasteiger partial charge in [0.25, 0.3) is 0 Å². The number of benzene rings is 1. The van der Waals surface area contributed by atoms with Crippen LogP contribution in [0.2, 0.25) is 0 Å². The molecule has 1 saturated carbocycles. The minimum absolute atomic E-state index is 0.00764. The van der Waals surface area contributed by atoms with Gasteiger partial charge >= 0.3 is 0 Å². The zero-order chi connectivity index (χ0) is 11.9. The first-order valence-corrected chi connectivity index (χ1v) is 6.23. The van der Waals surface area contributed by atoms with Gasteiger partial charge in [0, 0.05) is 12.1 Å². The molecule has 3 nitrogen and oxygen atoms in total. The first-order chi connectivity index (χ1) is 8.34. The topological polar surface area (TPSA) is 41.5 Å². The van der Waals surface area contributed by atoms with Crippen molar-refractivity contribution in [1.29, 1.82) is 0 Å². The molecule has 2 rings (SSSR count). The standard InChI is InChI=1S/C14H18N2O/c17-14(16-15-13-8-4-5-9-13)11-10-12-6-2-1-3-7-12/h1-3,6-7H,4-5,8-11H2,(H,16,17). The lowest BCUT2D eigenvalue weighted by Crippen LogP contribution is -2.19. The fraction of sp³-hybridized carbons (Fsp3) is 0.429. The van der Waals surface area contributed by atoms with Gasteiger partial charge in [-0.05, 0) is 37.7 Å². The van der Waals surface area contributed by atoms with Gasteiger partial charge in [0.05, 0.1) is 0 Å². The zero-order valence-electron chi connectivity index (χ0n) is 9.98. The van der Waals surface area contributed by atoms with E-state index in [0.717, 1.165) is 25.0 Å². The van der Waals surface area contributed by atoms with Crippen molar-refractivity contribution >= 4 is 11.6 Å². The van der Waals surface area contributed by atoms with Crippen LogP contribution in [0.15, 0.2) is 35.4 Å². The number of nitrogens with zero attached hydrogens (tertiary/aromatic N) is 1. The molecule has 90 valence electrons. The maximum Gasteiger partial charge on any atom is 0.240 e. The first kappa shape index (κ1) is 11.8. The van der Waals surface area contributed by atoms with Crippen LogP contribution in [0, 0.1) is 0 Å². The van der Waals surface area contributed by atoms with Gasteiger partial charge < -0.3 is 0 Å². The average Bonchev–Trinajstić information content (AvgIpc) is 2.88. The molecule has 0 spiro atoms. The number of hydrogen-bond acceptors (Lipinski definition) is 2. The number of rotatable bonds is 4. The van der Waals surface area contributed by atoms with Gasteiger partial charge in [-0.1, -0.05) is 30.3 Å². The molecule has 1 aromatic rings. The summed E-state index contributed by atoms with van der Waals surface area (Å²) in [7, 11) is 0. The molecule has 0 saturated heterocycles. The SMILES string of the molecule is O=C(CCc1ccccc1)NN=C1CCCC1. The maximum atomic E-state index is 11.6. The van der Waals surface area contributed by atoms with Gasteiger partial charge in [-0.2, -0.15) is 5.10 Å². The number of carbonyl (C=O) groups is 1. The molecule has 0 aliphatic heterocycles. The Balaban J connectivity index is 1.72. The van der Waals surface area contributed by atoms with Crippen molar-refractivity contribution in [3.05, 3.63) is 35.9 Å². The van der Waals surface area contributed by atoms with E-state index in [1.165, 1.54) is 18.4 Å². The Morgan fingerprint density at radius 3 is 2.59 bits per heavy atom. The first-order valence-electron chi connectivity index (χ1n) is 6.23. The fourth-order valence-corrected chi connectivity index (χ4v) is 1.99. The number of nitrogens with one attached hydrogen (secondary N) is 1. The molecule has 0 radical (unpaired) electrons. The molecule has 0 heterocycles. The van der Waals surface area contributed by atoms with Crippen molar-refractivity contribution in [2.24, 2.45) is 5.10 Å². The van der Waals surface area contributed by atoms with Crippen molar-refractivity contribution < 1.29 is 4.79 Å². The molecule has 1 aliphatic carbocycles. The van der Waals surface area contributed by atoms with E-state index in [4.69, 9.17) is 0 Å². The Bertz CT molecular complexity index is 390. The van der Waals surface area contributed by atoms with Crippen LogP contribution >= 0.6 is 0 Å². The third-order valence-corrected chi connectivity index (χ3v) is 3.00. The predicted molar refractivity (Wildman–Crippen MR) is 68.8 cm³/mol. The van der Waals surface area contributed by atoms with Crippen molar-refractivity contribution in [1.82, 2.24) is 5.43 Å². The summed E-state index contributed by atoms with van der Waals surface area (Å²) >= 11 is 0. The van der Waals surface area contributed by atoms with Crippen LogP contribution in [0.25, 0.3) is 0 Å². The van der Waals surface area contributed by atoms with Crippen LogP contribution in [0.3, 0.4) is 0 Å². The summed E-state index contributed by atoms with van der Waals surface area (Å²) in [4.78, 5) is 11.6. The van der Waals surface area contributed by atoms with E-state index >= 15 is 0 Å². The summed E-state index contributed by atoms with van der Waals surface area (Å²) in [5, 5.41) is 4.15. The van der Waals surface area contributed by atoms with Crippen LogP contribution in [-0.2, 0) is 11.2 Å². The predicted octanol–water partition coefficient (Wildman–Crippen LogP) is 2.67. The lowest BCUT2D eigenvalue weighted by molar-refractivity contribution is -0.121. The van der Waals surface area contributed by atoms with E-state index in [1.54, 1.807) is 0 Å². The second kappa shape index (κ2) is 6.18. The monoisotopic (exact) mass is 230 g/mol. The lowest BCUT2D eigenvalue weighted by atomic mass is 10.1. The Morgan fingerprint density at radius 1 is 1.18 bits per heavy atom. The summed E-state index contributed by atoms with van der Waals surface area (Å²) in [6.07, 6.45) is 5.77. The lowest BCUT2D eigenvalue weighted by Gasteiger charge is -2.01. The smallest absolute Gasteiger partial charge is 0.240 e. The van der Waals surface area contributed by atoms with Crippen LogP contribution < -0.4 is 5.43 Å². The maximum absolute atomic E-state index is 11.6. The second-order valence-electron chi connectivity index (χ2n) is 4.41. The molecule has 1 amide bonds. The van der Waals surface area contributed by atoms with Crippen LogP contribution in [0.4, 0.5) is 0 Å². The van der Waals surface area contributed by atoms with E-state index < -0.39 is 0 Å². The minimum Gasteiger partial charge on any atom is -0.273 e. The average molecular weight is 230 g/mol. The van der Waals surface area contributed by atoms with Crippen LogP contribution in [-0.4, -0.2) is 11.6 Å². The molecular formula is C14H18N2O. The van der Waals surface area contributed by atoms with Gasteiger partial charge in [0.15, 0.2) is 0 Å². The molecule has 0 bridgehead atoms. The summed E-state index contributed by atoms with van der Waals surface area (Å²) < 4.78 is 0. The summed E-state index contributed by atoms with van der Waals surface area (Å²) in [6.45, 7) is 0. The Hall–Kier alpha value is -1.64. The molecule has 1 N–H and O–H groups in total. The zero-order valence-corrected chi connectivity index (χ0v) is 9.98. The fourth-order valence-electron chi connectivity index (χ4n) is 1.99. The van der Waals surface area contributed by atoms with E-state index in [0.29, 0.717) is 6.42 Å².